The van der Waals surface area contributed by atoms with Gasteiger partial charge in [0.15, 0.2) is 11.6 Å². The number of hydrogen-bond donors (Lipinski definition) is 2. The van der Waals surface area contributed by atoms with Crippen molar-refractivity contribution in [3.8, 4) is 0 Å². The minimum atomic E-state index is -1.17. The number of carboxylic acids is 1. The number of carbonyl (C=O) groups is 2. The van der Waals surface area contributed by atoms with E-state index >= 15 is 0 Å². The Kier molecular flexibility index (Phi) is 6.27. The van der Waals surface area contributed by atoms with Gasteiger partial charge in [-0.05, 0) is 104 Å². The number of carbonyl (C=O) groups excluding carboxylic acids is 1. The first kappa shape index (κ1) is 28.3. The fourth-order valence-corrected chi connectivity index (χ4v) is 10.8. The van der Waals surface area contributed by atoms with Gasteiger partial charge in [0.25, 0.3) is 0 Å². The lowest BCUT2D eigenvalue weighted by atomic mass is 9.33. The molecule has 4 saturated carbocycles. The quantitative estimate of drug-likeness (QED) is 0.378. The van der Waals surface area contributed by atoms with Crippen LogP contribution in [0.2, 0.25) is 0 Å². The van der Waals surface area contributed by atoms with Crippen molar-refractivity contribution in [2.24, 2.45) is 50.2 Å². The number of ketones is 1. The Balaban J connectivity index is 1.58. The maximum atomic E-state index is 14.4. The van der Waals surface area contributed by atoms with E-state index < -0.39 is 22.6 Å². The predicted octanol–water partition coefficient (Wildman–Crippen LogP) is 7.17. The molecule has 0 aromatic heterocycles. The first-order valence-corrected chi connectivity index (χ1v) is 15.3. The van der Waals surface area contributed by atoms with Gasteiger partial charge in [0.05, 0.1) is 5.41 Å². The number of fused-ring (bicyclic) bond motifs is 7. The highest BCUT2D eigenvalue weighted by atomic mass is 16.6. The SMILES string of the molecule is CCCO[C@]1(O)CC[C@@]2(C)C(CC[C@]3(C)[C@@H]2C(=O)C=C2[C@H]4C[C@@](C)(C(=O)O)CC[C@]4(C)CC[C@]23C)C1(C)C. The molecule has 9 atom stereocenters. The van der Waals surface area contributed by atoms with Crippen molar-refractivity contribution in [3.05, 3.63) is 11.6 Å². The molecule has 2 N–H and O–H groups in total. The molecule has 5 nitrogen and oxygen atoms in total. The fraction of sp³-hybridized carbons (Fsp3) is 0.879. The van der Waals surface area contributed by atoms with Crippen LogP contribution in [0.15, 0.2) is 11.6 Å². The van der Waals surface area contributed by atoms with Crippen molar-refractivity contribution in [2.45, 2.75) is 125 Å². The number of rotatable bonds is 4. The van der Waals surface area contributed by atoms with Crippen LogP contribution in [0.5, 0.6) is 0 Å². The summed E-state index contributed by atoms with van der Waals surface area (Å²) in [5, 5.41) is 21.8. The number of aliphatic carboxylic acids is 1. The van der Waals surface area contributed by atoms with Crippen molar-refractivity contribution < 1.29 is 24.5 Å². The van der Waals surface area contributed by atoms with Crippen molar-refractivity contribution in [3.63, 3.8) is 0 Å². The molecule has 0 heterocycles. The molecule has 0 saturated heterocycles. The van der Waals surface area contributed by atoms with Crippen LogP contribution < -0.4 is 0 Å². The molecule has 0 spiro atoms. The van der Waals surface area contributed by atoms with E-state index in [0.717, 1.165) is 44.9 Å². The third-order valence-corrected chi connectivity index (χ3v) is 13.8. The number of ether oxygens (including phenoxy) is 1. The minimum absolute atomic E-state index is 0.0603. The van der Waals surface area contributed by atoms with Gasteiger partial charge < -0.3 is 14.9 Å². The molecule has 1 unspecified atom stereocenters. The summed E-state index contributed by atoms with van der Waals surface area (Å²) in [4.78, 5) is 26.7. The molecule has 0 amide bonds. The van der Waals surface area contributed by atoms with E-state index in [1.807, 2.05) is 13.0 Å². The van der Waals surface area contributed by atoms with Gasteiger partial charge in [-0.25, -0.2) is 0 Å². The molecule has 5 aliphatic carbocycles. The molecule has 5 aliphatic rings. The Morgan fingerprint density at radius 2 is 1.63 bits per heavy atom. The second kappa shape index (κ2) is 8.41. The summed E-state index contributed by atoms with van der Waals surface area (Å²) in [6.45, 7) is 18.3. The lowest BCUT2D eigenvalue weighted by Crippen LogP contribution is -2.69. The first-order valence-electron chi connectivity index (χ1n) is 15.3. The normalized spacial score (nSPS) is 51.7. The Morgan fingerprint density at radius 3 is 2.26 bits per heavy atom. The van der Waals surface area contributed by atoms with E-state index in [9.17, 15) is 19.8 Å². The number of carboxylic acid groups (broad SMARTS) is 1. The highest BCUT2D eigenvalue weighted by molar-refractivity contribution is 5.95. The molecule has 38 heavy (non-hydrogen) atoms. The van der Waals surface area contributed by atoms with Crippen LogP contribution >= 0.6 is 0 Å². The maximum absolute atomic E-state index is 14.4. The average molecular weight is 529 g/mol. The van der Waals surface area contributed by atoms with Gasteiger partial charge >= 0.3 is 5.97 Å². The number of aliphatic hydroxyl groups is 1. The summed E-state index contributed by atoms with van der Waals surface area (Å²) in [6, 6.07) is 0. The zero-order chi connectivity index (χ0) is 28.2. The van der Waals surface area contributed by atoms with Crippen molar-refractivity contribution in [1.82, 2.24) is 0 Å². The Bertz CT molecular complexity index is 1060. The van der Waals surface area contributed by atoms with E-state index in [2.05, 4.69) is 48.5 Å². The Hall–Kier alpha value is -1.20. The molecule has 0 radical (unpaired) electrons. The van der Waals surface area contributed by atoms with Crippen LogP contribution in [0.3, 0.4) is 0 Å². The van der Waals surface area contributed by atoms with Crippen molar-refractivity contribution in [1.29, 1.82) is 0 Å². The topological polar surface area (TPSA) is 83.8 Å². The summed E-state index contributed by atoms with van der Waals surface area (Å²) in [6.07, 6.45) is 10.5. The van der Waals surface area contributed by atoms with Gasteiger partial charge in [-0.15, -0.1) is 0 Å². The average Bonchev–Trinajstić information content (AvgIpc) is 2.83. The van der Waals surface area contributed by atoms with Gasteiger partial charge in [0, 0.05) is 24.4 Å². The predicted molar refractivity (Wildman–Crippen MR) is 148 cm³/mol. The Morgan fingerprint density at radius 1 is 0.974 bits per heavy atom. The summed E-state index contributed by atoms with van der Waals surface area (Å²) in [5.74, 6) is -1.40. The second-order valence-electron chi connectivity index (χ2n) is 15.9. The molecule has 4 fully saturated rings. The largest absolute Gasteiger partial charge is 0.481 e. The van der Waals surface area contributed by atoms with Gasteiger partial charge in [0.2, 0.25) is 0 Å². The third-order valence-electron chi connectivity index (χ3n) is 13.8. The van der Waals surface area contributed by atoms with Crippen molar-refractivity contribution >= 4 is 11.8 Å². The van der Waals surface area contributed by atoms with Crippen LogP contribution in [-0.2, 0) is 14.3 Å². The van der Waals surface area contributed by atoms with Gasteiger partial charge in [-0.3, -0.25) is 9.59 Å². The molecule has 0 aromatic rings. The smallest absolute Gasteiger partial charge is 0.309 e. The molecular formula is C33H52O5. The summed E-state index contributed by atoms with van der Waals surface area (Å²) in [5.41, 5.74) is -0.412. The lowest BCUT2D eigenvalue weighted by molar-refractivity contribution is -0.328. The zero-order valence-electron chi connectivity index (χ0n) is 25.2. The molecule has 0 aromatic carbocycles. The highest BCUT2D eigenvalue weighted by Crippen LogP contribution is 2.75. The van der Waals surface area contributed by atoms with E-state index in [1.165, 1.54) is 5.57 Å². The molecule has 5 heteroatoms. The molecular weight excluding hydrogens is 476 g/mol. The molecule has 5 rings (SSSR count). The Labute approximate surface area is 230 Å². The number of allylic oxidation sites excluding steroid dienone is 2. The summed E-state index contributed by atoms with van der Waals surface area (Å²) in [7, 11) is 0. The second-order valence-corrected chi connectivity index (χ2v) is 15.9. The fourth-order valence-electron chi connectivity index (χ4n) is 10.8. The first-order chi connectivity index (χ1) is 17.4. The molecule has 0 aliphatic heterocycles. The number of hydrogen-bond acceptors (Lipinski definition) is 4. The molecule has 0 bridgehead atoms. The lowest BCUT2D eigenvalue weighted by Gasteiger charge is -2.71. The van der Waals surface area contributed by atoms with Crippen LogP contribution in [0.1, 0.15) is 120 Å². The standard InChI is InChI=1S/C33H52O5/c1-9-18-38-33(37)17-15-30(6)24(27(33,2)3)10-11-32(8)25(30)23(34)19-21-22-20-29(5,26(35)36)13-12-28(22,4)14-16-31(21,32)7/h19,22,24-25,37H,9-18,20H2,1-8H3,(H,35,36)/t22-,24?,25-,28-,29+,30+,31-,32-,33-/m1/s1. The summed E-state index contributed by atoms with van der Waals surface area (Å²) < 4.78 is 6.14. The minimum Gasteiger partial charge on any atom is -0.481 e. The maximum Gasteiger partial charge on any atom is 0.309 e. The van der Waals surface area contributed by atoms with Gasteiger partial charge in [-0.2, -0.15) is 0 Å². The third kappa shape index (κ3) is 3.42. The highest BCUT2D eigenvalue weighted by Gasteiger charge is 2.72. The van der Waals surface area contributed by atoms with Gasteiger partial charge in [0.1, 0.15) is 0 Å². The van der Waals surface area contributed by atoms with Crippen molar-refractivity contribution in [2.75, 3.05) is 6.61 Å². The van der Waals surface area contributed by atoms with E-state index in [0.29, 0.717) is 25.9 Å². The molecule has 214 valence electrons. The zero-order valence-corrected chi connectivity index (χ0v) is 25.2. The van der Waals surface area contributed by atoms with Crippen LogP contribution in [0, 0.1) is 50.2 Å². The van der Waals surface area contributed by atoms with Gasteiger partial charge in [-0.1, -0.05) is 54.0 Å². The van der Waals surface area contributed by atoms with Crippen LogP contribution in [0.4, 0.5) is 0 Å². The van der Waals surface area contributed by atoms with E-state index in [-0.39, 0.29) is 45.2 Å². The summed E-state index contributed by atoms with van der Waals surface area (Å²) >= 11 is 0. The monoisotopic (exact) mass is 528 g/mol. The van der Waals surface area contributed by atoms with Crippen LogP contribution in [0.25, 0.3) is 0 Å². The van der Waals surface area contributed by atoms with E-state index in [1.54, 1.807) is 0 Å². The van der Waals surface area contributed by atoms with E-state index in [4.69, 9.17) is 4.74 Å². The van der Waals surface area contributed by atoms with Crippen LogP contribution in [-0.4, -0.2) is 34.4 Å².